The van der Waals surface area contributed by atoms with Crippen LogP contribution in [0.15, 0.2) is 29.1 Å². The molecule has 0 radical (unpaired) electrons. The highest BCUT2D eigenvalue weighted by Crippen LogP contribution is 2.35. The SMILES string of the molecule is CCN(CC)CCn1c(Cc2ccc(OC)cc2)nc2sc3c(c2c1=O)CCC3. The Bertz CT molecular complexity index is 1050. The molecule has 0 bridgehead atoms. The number of thiophene rings is 1. The number of aromatic nitrogens is 2. The monoisotopic (exact) mass is 411 g/mol. The Balaban J connectivity index is 1.75. The molecule has 0 atom stereocenters. The lowest BCUT2D eigenvalue weighted by Crippen LogP contribution is -2.33. The van der Waals surface area contributed by atoms with Gasteiger partial charge in [0.1, 0.15) is 16.4 Å². The molecular weight excluding hydrogens is 382 g/mol. The number of fused-ring (bicyclic) bond motifs is 3. The lowest BCUT2D eigenvalue weighted by atomic mass is 10.1. The Labute approximate surface area is 176 Å². The van der Waals surface area contributed by atoms with Gasteiger partial charge in [-0.15, -0.1) is 11.3 Å². The van der Waals surface area contributed by atoms with Crippen LogP contribution in [0.4, 0.5) is 0 Å². The van der Waals surface area contributed by atoms with E-state index in [4.69, 9.17) is 9.72 Å². The highest BCUT2D eigenvalue weighted by Gasteiger charge is 2.23. The van der Waals surface area contributed by atoms with Crippen molar-refractivity contribution in [3.63, 3.8) is 0 Å². The first-order valence-corrected chi connectivity index (χ1v) is 11.4. The van der Waals surface area contributed by atoms with Crippen LogP contribution in [0, 0.1) is 0 Å². The molecule has 1 aliphatic rings. The van der Waals surface area contributed by atoms with Crippen molar-refractivity contribution < 1.29 is 4.74 Å². The maximum absolute atomic E-state index is 13.5. The third-order valence-electron chi connectivity index (χ3n) is 5.96. The maximum atomic E-state index is 13.5. The molecule has 0 amide bonds. The first-order chi connectivity index (χ1) is 14.1. The lowest BCUT2D eigenvalue weighted by molar-refractivity contribution is 0.287. The van der Waals surface area contributed by atoms with E-state index < -0.39 is 0 Å². The van der Waals surface area contributed by atoms with Crippen LogP contribution in [0.25, 0.3) is 10.2 Å². The van der Waals surface area contributed by atoms with E-state index in [1.54, 1.807) is 18.4 Å². The summed E-state index contributed by atoms with van der Waals surface area (Å²) < 4.78 is 7.20. The van der Waals surface area contributed by atoms with Crippen molar-refractivity contribution in [3.05, 3.63) is 56.4 Å². The largest absolute Gasteiger partial charge is 0.497 e. The minimum atomic E-state index is 0.144. The normalized spacial score (nSPS) is 13.4. The van der Waals surface area contributed by atoms with Gasteiger partial charge in [0.05, 0.1) is 12.5 Å². The topological polar surface area (TPSA) is 47.4 Å². The highest BCUT2D eigenvalue weighted by atomic mass is 32.1. The number of likely N-dealkylation sites (N-methyl/N-ethyl adjacent to an activating group) is 1. The number of methoxy groups -OCH3 is 1. The van der Waals surface area contributed by atoms with Crippen LogP contribution < -0.4 is 10.3 Å². The summed E-state index contributed by atoms with van der Waals surface area (Å²) in [7, 11) is 1.67. The number of hydrogen-bond donors (Lipinski definition) is 0. The number of nitrogens with zero attached hydrogens (tertiary/aromatic N) is 3. The first-order valence-electron chi connectivity index (χ1n) is 10.5. The molecule has 0 aliphatic heterocycles. The molecule has 0 spiro atoms. The van der Waals surface area contributed by atoms with Gasteiger partial charge < -0.3 is 9.64 Å². The van der Waals surface area contributed by atoms with E-state index in [9.17, 15) is 4.79 Å². The zero-order valence-corrected chi connectivity index (χ0v) is 18.3. The van der Waals surface area contributed by atoms with Gasteiger partial charge in [-0.3, -0.25) is 9.36 Å². The van der Waals surface area contributed by atoms with E-state index in [1.165, 1.54) is 10.4 Å². The van der Waals surface area contributed by atoms with Crippen LogP contribution in [0.5, 0.6) is 5.75 Å². The van der Waals surface area contributed by atoms with Gasteiger partial charge in [0.2, 0.25) is 0 Å². The van der Waals surface area contributed by atoms with Gasteiger partial charge in [-0.05, 0) is 55.6 Å². The second kappa shape index (κ2) is 8.67. The van der Waals surface area contributed by atoms with Crippen molar-refractivity contribution >= 4 is 21.6 Å². The van der Waals surface area contributed by atoms with Crippen molar-refractivity contribution in [2.45, 2.75) is 46.1 Å². The van der Waals surface area contributed by atoms with Gasteiger partial charge in [0, 0.05) is 24.4 Å². The smallest absolute Gasteiger partial charge is 0.262 e. The van der Waals surface area contributed by atoms with E-state index >= 15 is 0 Å². The van der Waals surface area contributed by atoms with Crippen LogP contribution >= 0.6 is 11.3 Å². The molecule has 0 unspecified atom stereocenters. The lowest BCUT2D eigenvalue weighted by Gasteiger charge is -2.20. The molecule has 6 heteroatoms. The van der Waals surface area contributed by atoms with Crippen LogP contribution in [-0.2, 0) is 25.8 Å². The Morgan fingerprint density at radius 2 is 1.93 bits per heavy atom. The number of hydrogen-bond acceptors (Lipinski definition) is 5. The van der Waals surface area contributed by atoms with E-state index in [2.05, 4.69) is 30.9 Å². The average Bonchev–Trinajstić information content (AvgIpc) is 3.32. The molecule has 0 N–H and O–H groups in total. The molecule has 2 aromatic heterocycles. The second-order valence-corrected chi connectivity index (χ2v) is 8.66. The molecule has 5 nitrogen and oxygen atoms in total. The third kappa shape index (κ3) is 3.96. The van der Waals surface area contributed by atoms with Crippen LogP contribution in [-0.4, -0.2) is 41.2 Å². The van der Waals surface area contributed by atoms with Gasteiger partial charge in [0.15, 0.2) is 0 Å². The minimum Gasteiger partial charge on any atom is -0.497 e. The predicted octanol–water partition coefficient (Wildman–Crippen LogP) is 3.89. The molecule has 0 fully saturated rings. The summed E-state index contributed by atoms with van der Waals surface area (Å²) in [6, 6.07) is 8.04. The van der Waals surface area contributed by atoms with Gasteiger partial charge in [-0.2, -0.15) is 0 Å². The summed E-state index contributed by atoms with van der Waals surface area (Å²) >= 11 is 1.72. The fraction of sp³-hybridized carbons (Fsp3) is 0.478. The standard InChI is InChI=1S/C23H29N3O2S/c1-4-25(5-2)13-14-26-20(15-16-9-11-17(28-3)12-10-16)24-22-21(23(26)27)18-7-6-8-19(18)29-22/h9-12H,4-8,13-15H2,1-3H3. The first kappa shape index (κ1) is 20.1. The van der Waals surface area contributed by atoms with E-state index in [1.807, 2.05) is 16.7 Å². The third-order valence-corrected chi connectivity index (χ3v) is 7.15. The zero-order chi connectivity index (χ0) is 20.4. The summed E-state index contributed by atoms with van der Waals surface area (Å²) in [5.41, 5.74) is 2.54. The molecule has 0 saturated carbocycles. The van der Waals surface area contributed by atoms with Gasteiger partial charge in [-0.1, -0.05) is 26.0 Å². The Kier molecular flexibility index (Phi) is 6.01. The minimum absolute atomic E-state index is 0.144. The zero-order valence-electron chi connectivity index (χ0n) is 17.5. The van der Waals surface area contributed by atoms with Crippen LogP contribution in [0.3, 0.4) is 0 Å². The molecular formula is C23H29N3O2S. The van der Waals surface area contributed by atoms with Crippen molar-refractivity contribution in [2.24, 2.45) is 0 Å². The summed E-state index contributed by atoms with van der Waals surface area (Å²) in [5.74, 6) is 1.70. The Morgan fingerprint density at radius 1 is 1.17 bits per heavy atom. The highest BCUT2D eigenvalue weighted by molar-refractivity contribution is 7.18. The number of ether oxygens (including phenoxy) is 1. The van der Waals surface area contributed by atoms with E-state index in [0.717, 1.165) is 66.3 Å². The van der Waals surface area contributed by atoms with E-state index in [-0.39, 0.29) is 5.56 Å². The van der Waals surface area contributed by atoms with Crippen LogP contribution in [0.1, 0.15) is 42.1 Å². The van der Waals surface area contributed by atoms with Gasteiger partial charge in [-0.25, -0.2) is 4.98 Å². The van der Waals surface area contributed by atoms with Crippen molar-refractivity contribution in [2.75, 3.05) is 26.7 Å². The Hall–Kier alpha value is -2.18. The van der Waals surface area contributed by atoms with Crippen molar-refractivity contribution in [1.82, 2.24) is 14.5 Å². The molecule has 1 aliphatic carbocycles. The summed E-state index contributed by atoms with van der Waals surface area (Å²) in [6.45, 7) is 7.85. The number of benzene rings is 1. The summed E-state index contributed by atoms with van der Waals surface area (Å²) in [5, 5.41) is 0.875. The average molecular weight is 412 g/mol. The molecule has 0 saturated heterocycles. The molecule has 2 heterocycles. The number of aryl methyl sites for hydroxylation is 2. The Morgan fingerprint density at radius 3 is 2.62 bits per heavy atom. The molecule has 4 rings (SSSR count). The summed E-state index contributed by atoms with van der Waals surface area (Å²) in [4.78, 5) is 23.2. The maximum Gasteiger partial charge on any atom is 0.262 e. The molecule has 29 heavy (non-hydrogen) atoms. The fourth-order valence-corrected chi connectivity index (χ4v) is 5.46. The second-order valence-electron chi connectivity index (χ2n) is 7.57. The van der Waals surface area contributed by atoms with Gasteiger partial charge >= 0.3 is 0 Å². The molecule has 3 aromatic rings. The summed E-state index contributed by atoms with van der Waals surface area (Å²) in [6.07, 6.45) is 3.91. The number of rotatable bonds is 8. The molecule has 154 valence electrons. The van der Waals surface area contributed by atoms with Crippen LogP contribution in [0.2, 0.25) is 0 Å². The quantitative estimate of drug-likeness (QED) is 0.564. The molecule has 1 aromatic carbocycles. The van der Waals surface area contributed by atoms with Crippen molar-refractivity contribution in [3.8, 4) is 5.75 Å². The predicted molar refractivity (Wildman–Crippen MR) is 119 cm³/mol. The fourth-order valence-electron chi connectivity index (χ4n) is 4.19. The van der Waals surface area contributed by atoms with E-state index in [0.29, 0.717) is 13.0 Å². The van der Waals surface area contributed by atoms with Gasteiger partial charge in [0.25, 0.3) is 5.56 Å². The van der Waals surface area contributed by atoms with Crippen molar-refractivity contribution in [1.29, 1.82) is 0 Å².